The van der Waals surface area contributed by atoms with Gasteiger partial charge < -0.3 is 10.1 Å². The summed E-state index contributed by atoms with van der Waals surface area (Å²) in [4.78, 5) is 27.2. The van der Waals surface area contributed by atoms with Crippen LogP contribution >= 0.6 is 11.3 Å². The van der Waals surface area contributed by atoms with Gasteiger partial charge in [0.25, 0.3) is 0 Å². The van der Waals surface area contributed by atoms with Crippen LogP contribution in [0.5, 0.6) is 0 Å². The largest absolute Gasteiger partial charge is 0.465 e. The van der Waals surface area contributed by atoms with Crippen LogP contribution in [0.2, 0.25) is 0 Å². The number of hydrogen-bond donors (Lipinski definition) is 1. The van der Waals surface area contributed by atoms with E-state index in [0.717, 1.165) is 18.0 Å². The molecule has 22 heavy (non-hydrogen) atoms. The van der Waals surface area contributed by atoms with Gasteiger partial charge in [-0.3, -0.25) is 9.69 Å². The van der Waals surface area contributed by atoms with Crippen LogP contribution in [-0.2, 0) is 9.53 Å². The Morgan fingerprint density at radius 3 is 2.59 bits per heavy atom. The molecule has 5 nitrogen and oxygen atoms in total. The number of anilines is 1. The number of carbonyl (C=O) groups is 2. The summed E-state index contributed by atoms with van der Waals surface area (Å²) in [6, 6.07) is 1.75. The number of rotatable bonds is 4. The van der Waals surface area contributed by atoms with Gasteiger partial charge >= 0.3 is 5.97 Å². The quantitative estimate of drug-likeness (QED) is 0.865. The van der Waals surface area contributed by atoms with E-state index in [1.807, 2.05) is 6.92 Å². The molecule has 0 aliphatic carbocycles. The molecule has 1 fully saturated rings. The highest BCUT2D eigenvalue weighted by Crippen LogP contribution is 2.28. The number of nitrogens with one attached hydrogen (secondary N) is 1. The molecule has 0 bridgehead atoms. The monoisotopic (exact) mass is 324 g/mol. The minimum absolute atomic E-state index is 0.0756. The van der Waals surface area contributed by atoms with Gasteiger partial charge in [-0.2, -0.15) is 0 Å². The van der Waals surface area contributed by atoms with Gasteiger partial charge in [-0.05, 0) is 31.2 Å². The van der Waals surface area contributed by atoms with E-state index in [-0.39, 0.29) is 5.91 Å². The average molecular weight is 324 g/mol. The fourth-order valence-corrected chi connectivity index (χ4v) is 4.07. The molecule has 1 N–H and O–H groups in total. The van der Waals surface area contributed by atoms with E-state index in [9.17, 15) is 9.59 Å². The summed E-state index contributed by atoms with van der Waals surface area (Å²) in [6.07, 6.45) is 1.22. The molecule has 1 aromatic rings. The van der Waals surface area contributed by atoms with Gasteiger partial charge in [0.1, 0.15) is 5.00 Å². The van der Waals surface area contributed by atoms with E-state index >= 15 is 0 Å². The minimum Gasteiger partial charge on any atom is -0.465 e. The third kappa shape index (κ3) is 4.30. The number of amides is 1. The highest BCUT2D eigenvalue weighted by atomic mass is 32.1. The van der Waals surface area contributed by atoms with Gasteiger partial charge in [-0.1, -0.05) is 13.8 Å². The van der Waals surface area contributed by atoms with Crippen molar-refractivity contribution in [3.05, 3.63) is 16.5 Å². The standard InChI is InChI=1S/C16H24N2O3S/c1-10-5-11(2)8-18(7-10)9-14(19)17-15-13(16(20)21-4)6-12(3)22-15/h6,10-11H,5,7-9H2,1-4H3,(H,17,19). The fourth-order valence-electron chi connectivity index (χ4n) is 3.16. The topological polar surface area (TPSA) is 58.6 Å². The summed E-state index contributed by atoms with van der Waals surface area (Å²) in [5.41, 5.74) is 0.429. The van der Waals surface area contributed by atoms with Gasteiger partial charge in [0.2, 0.25) is 5.91 Å². The van der Waals surface area contributed by atoms with E-state index in [0.29, 0.717) is 28.9 Å². The van der Waals surface area contributed by atoms with Crippen LogP contribution in [0.1, 0.15) is 35.5 Å². The van der Waals surface area contributed by atoms with Crippen molar-refractivity contribution in [2.75, 3.05) is 32.1 Å². The molecule has 0 spiro atoms. The first-order valence-corrected chi connectivity index (χ1v) is 8.41. The van der Waals surface area contributed by atoms with E-state index in [4.69, 9.17) is 4.74 Å². The third-order valence-electron chi connectivity index (χ3n) is 3.83. The van der Waals surface area contributed by atoms with Gasteiger partial charge in [0.05, 0.1) is 19.2 Å². The molecule has 1 aliphatic rings. The normalized spacial score (nSPS) is 22.4. The highest BCUT2D eigenvalue weighted by molar-refractivity contribution is 7.16. The van der Waals surface area contributed by atoms with Crippen LogP contribution in [0.3, 0.4) is 0 Å². The van der Waals surface area contributed by atoms with E-state index in [2.05, 4.69) is 24.1 Å². The number of thiophene rings is 1. The van der Waals surface area contributed by atoms with Crippen LogP contribution in [0.25, 0.3) is 0 Å². The van der Waals surface area contributed by atoms with Gasteiger partial charge in [-0.25, -0.2) is 4.79 Å². The van der Waals surface area contributed by atoms with Crippen molar-refractivity contribution in [1.29, 1.82) is 0 Å². The molecule has 0 aromatic carbocycles. The summed E-state index contributed by atoms with van der Waals surface area (Å²) in [5, 5.41) is 3.44. The Kier molecular flexibility index (Phi) is 5.58. The Hall–Kier alpha value is -1.40. The lowest BCUT2D eigenvalue weighted by Crippen LogP contribution is -2.42. The molecule has 0 saturated carbocycles. The summed E-state index contributed by atoms with van der Waals surface area (Å²) in [6.45, 7) is 8.61. The van der Waals surface area contributed by atoms with Crippen molar-refractivity contribution < 1.29 is 14.3 Å². The zero-order valence-electron chi connectivity index (χ0n) is 13.6. The van der Waals surface area contributed by atoms with E-state index in [1.54, 1.807) is 6.07 Å². The van der Waals surface area contributed by atoms with Gasteiger partial charge in [0.15, 0.2) is 0 Å². The fraction of sp³-hybridized carbons (Fsp3) is 0.625. The van der Waals surface area contributed by atoms with Crippen LogP contribution in [0.15, 0.2) is 6.07 Å². The Morgan fingerprint density at radius 1 is 1.36 bits per heavy atom. The molecular weight excluding hydrogens is 300 g/mol. The number of likely N-dealkylation sites (tertiary alicyclic amines) is 1. The Morgan fingerprint density at radius 2 is 2.00 bits per heavy atom. The van der Waals surface area contributed by atoms with Crippen molar-refractivity contribution in [1.82, 2.24) is 4.90 Å². The number of aryl methyl sites for hydroxylation is 1. The molecule has 1 aromatic heterocycles. The molecular formula is C16H24N2O3S. The predicted octanol–water partition coefficient (Wildman–Crippen LogP) is 2.76. The van der Waals surface area contributed by atoms with Crippen molar-refractivity contribution in [2.24, 2.45) is 11.8 Å². The van der Waals surface area contributed by atoms with E-state index in [1.165, 1.54) is 24.9 Å². The average Bonchev–Trinajstić information content (AvgIpc) is 2.77. The summed E-state index contributed by atoms with van der Waals surface area (Å²) in [7, 11) is 1.34. The lowest BCUT2D eigenvalue weighted by molar-refractivity contribution is -0.117. The molecule has 1 aliphatic heterocycles. The van der Waals surface area contributed by atoms with Gasteiger partial charge in [0, 0.05) is 18.0 Å². The first kappa shape index (κ1) is 17.0. The Labute approximate surface area is 135 Å². The van der Waals surface area contributed by atoms with Crippen molar-refractivity contribution in [2.45, 2.75) is 27.2 Å². The smallest absolute Gasteiger partial charge is 0.340 e. The van der Waals surface area contributed by atoms with Crippen LogP contribution in [0, 0.1) is 18.8 Å². The highest BCUT2D eigenvalue weighted by Gasteiger charge is 2.24. The molecule has 1 saturated heterocycles. The SMILES string of the molecule is COC(=O)c1cc(C)sc1NC(=O)CN1CC(C)CC(C)C1. The van der Waals surface area contributed by atoms with Crippen LogP contribution < -0.4 is 5.32 Å². The molecule has 2 unspecified atom stereocenters. The minimum atomic E-state index is -0.417. The lowest BCUT2D eigenvalue weighted by atomic mass is 9.92. The second-order valence-corrected chi connectivity index (χ2v) is 7.54. The zero-order chi connectivity index (χ0) is 16.3. The molecule has 2 heterocycles. The number of esters is 1. The second-order valence-electron chi connectivity index (χ2n) is 6.28. The number of carbonyl (C=O) groups excluding carboxylic acids is 2. The Bertz CT molecular complexity index is 546. The zero-order valence-corrected chi connectivity index (χ0v) is 14.5. The first-order chi connectivity index (χ1) is 10.4. The third-order valence-corrected chi connectivity index (χ3v) is 4.79. The van der Waals surface area contributed by atoms with Crippen LogP contribution in [-0.4, -0.2) is 43.5 Å². The van der Waals surface area contributed by atoms with Gasteiger partial charge in [-0.15, -0.1) is 11.3 Å². The summed E-state index contributed by atoms with van der Waals surface area (Å²) >= 11 is 1.40. The van der Waals surface area contributed by atoms with Crippen LogP contribution in [0.4, 0.5) is 5.00 Å². The number of nitrogens with zero attached hydrogens (tertiary/aromatic N) is 1. The first-order valence-electron chi connectivity index (χ1n) is 7.60. The maximum atomic E-state index is 12.3. The number of ether oxygens (including phenoxy) is 1. The molecule has 122 valence electrons. The number of hydrogen-bond acceptors (Lipinski definition) is 5. The number of piperidine rings is 1. The maximum absolute atomic E-state index is 12.3. The summed E-state index contributed by atoms with van der Waals surface area (Å²) in [5.74, 6) is 0.741. The summed E-state index contributed by atoms with van der Waals surface area (Å²) < 4.78 is 4.76. The Balaban J connectivity index is 1.99. The molecule has 0 radical (unpaired) electrons. The maximum Gasteiger partial charge on any atom is 0.340 e. The van der Waals surface area contributed by atoms with Crippen molar-refractivity contribution >= 4 is 28.2 Å². The molecule has 6 heteroatoms. The second kappa shape index (κ2) is 7.24. The molecule has 2 atom stereocenters. The predicted molar refractivity (Wildman–Crippen MR) is 88.4 cm³/mol. The van der Waals surface area contributed by atoms with Crippen molar-refractivity contribution in [3.63, 3.8) is 0 Å². The van der Waals surface area contributed by atoms with Crippen molar-refractivity contribution in [3.8, 4) is 0 Å². The molecule has 1 amide bonds. The number of methoxy groups -OCH3 is 1. The van der Waals surface area contributed by atoms with E-state index < -0.39 is 5.97 Å². The lowest BCUT2D eigenvalue weighted by Gasteiger charge is -2.34. The molecule has 2 rings (SSSR count).